The summed E-state index contributed by atoms with van der Waals surface area (Å²) in [6.45, 7) is 0. The van der Waals surface area contributed by atoms with Crippen LogP contribution in [0.3, 0.4) is 0 Å². The van der Waals surface area contributed by atoms with Crippen molar-refractivity contribution < 1.29 is 4.74 Å². The Balaban J connectivity index is 2.17. The summed E-state index contributed by atoms with van der Waals surface area (Å²) in [6.07, 6.45) is 7.78. The molecule has 2 heterocycles. The molecule has 0 aromatic carbocycles. The fourth-order valence-corrected chi connectivity index (χ4v) is 1.77. The van der Waals surface area contributed by atoms with E-state index in [2.05, 4.69) is 15.4 Å². The highest BCUT2D eigenvalue weighted by Gasteiger charge is 2.11. The third-order valence-electron chi connectivity index (χ3n) is 2.74. The van der Waals surface area contributed by atoms with Crippen LogP contribution < -0.4 is 16.0 Å². The number of aromatic nitrogens is 2. The minimum atomic E-state index is -0.0169. The molecule has 2 rings (SSSR count). The molecule has 0 amide bonds. The summed E-state index contributed by atoms with van der Waals surface area (Å²) in [4.78, 5) is 8.22. The summed E-state index contributed by atoms with van der Waals surface area (Å²) >= 11 is 0. The minimum Gasteiger partial charge on any atom is -0.495 e. The van der Waals surface area contributed by atoms with E-state index in [1.165, 1.54) is 0 Å². The van der Waals surface area contributed by atoms with Crippen molar-refractivity contribution in [2.45, 2.75) is 12.5 Å². The van der Waals surface area contributed by atoms with E-state index in [4.69, 9.17) is 10.6 Å². The molecule has 3 N–H and O–H groups in total. The van der Waals surface area contributed by atoms with E-state index in [-0.39, 0.29) is 6.04 Å². The Hall–Kier alpha value is -1.98. The second kappa shape index (κ2) is 6.09. The van der Waals surface area contributed by atoms with Crippen LogP contribution in [0.25, 0.3) is 0 Å². The van der Waals surface area contributed by atoms with Gasteiger partial charge in [-0.25, -0.2) is 0 Å². The molecule has 2 aromatic heterocycles. The highest BCUT2D eigenvalue weighted by atomic mass is 16.5. The highest BCUT2D eigenvalue weighted by molar-refractivity contribution is 5.27. The number of pyridine rings is 2. The molecule has 0 aliphatic rings. The molecule has 94 valence electrons. The van der Waals surface area contributed by atoms with Gasteiger partial charge in [0.1, 0.15) is 5.75 Å². The zero-order chi connectivity index (χ0) is 12.8. The average Bonchev–Trinajstić information content (AvgIpc) is 2.46. The molecule has 5 heteroatoms. The third-order valence-corrected chi connectivity index (χ3v) is 2.74. The summed E-state index contributed by atoms with van der Waals surface area (Å²) in [5.41, 5.74) is 4.90. The lowest BCUT2D eigenvalue weighted by atomic mass is 10.0. The Labute approximate surface area is 106 Å². The van der Waals surface area contributed by atoms with Gasteiger partial charge in [-0.1, -0.05) is 6.07 Å². The molecule has 0 saturated carbocycles. The number of hydrazine groups is 1. The molecule has 0 aliphatic heterocycles. The number of hydrogen-bond donors (Lipinski definition) is 2. The first kappa shape index (κ1) is 12.5. The van der Waals surface area contributed by atoms with E-state index in [1.807, 2.05) is 24.4 Å². The zero-order valence-corrected chi connectivity index (χ0v) is 10.2. The Kier molecular flexibility index (Phi) is 4.22. The summed E-state index contributed by atoms with van der Waals surface area (Å²) in [5, 5.41) is 0. The number of methoxy groups -OCH3 is 1. The van der Waals surface area contributed by atoms with Crippen molar-refractivity contribution in [2.24, 2.45) is 5.84 Å². The predicted octanol–water partition coefficient (Wildman–Crippen LogP) is 1.23. The monoisotopic (exact) mass is 244 g/mol. The van der Waals surface area contributed by atoms with Gasteiger partial charge in [0.15, 0.2) is 0 Å². The molecule has 18 heavy (non-hydrogen) atoms. The maximum atomic E-state index is 5.61. The van der Waals surface area contributed by atoms with Gasteiger partial charge in [-0.3, -0.25) is 21.2 Å². The first-order valence-electron chi connectivity index (χ1n) is 5.67. The predicted molar refractivity (Wildman–Crippen MR) is 68.8 cm³/mol. The molecule has 0 fully saturated rings. The molecule has 1 unspecified atom stereocenters. The van der Waals surface area contributed by atoms with E-state index in [9.17, 15) is 0 Å². The van der Waals surface area contributed by atoms with Gasteiger partial charge in [-0.15, -0.1) is 0 Å². The molecule has 2 aromatic rings. The smallest absolute Gasteiger partial charge is 0.137 e. The summed E-state index contributed by atoms with van der Waals surface area (Å²) < 4.78 is 5.16. The van der Waals surface area contributed by atoms with Crippen LogP contribution in [0.1, 0.15) is 17.2 Å². The van der Waals surface area contributed by atoms with Gasteiger partial charge < -0.3 is 4.74 Å². The molecule has 0 aliphatic carbocycles. The van der Waals surface area contributed by atoms with Crippen LogP contribution >= 0.6 is 0 Å². The number of nitrogens with two attached hydrogens (primary N) is 1. The Morgan fingerprint density at radius 1 is 1.33 bits per heavy atom. The van der Waals surface area contributed by atoms with Crippen molar-refractivity contribution in [3.8, 4) is 5.75 Å². The SMILES string of the molecule is COc1cncc(C(Cc2cccnc2)NN)c1. The Morgan fingerprint density at radius 2 is 2.22 bits per heavy atom. The number of nitrogens with zero attached hydrogens (tertiary/aromatic N) is 2. The van der Waals surface area contributed by atoms with Crippen molar-refractivity contribution in [3.63, 3.8) is 0 Å². The fraction of sp³-hybridized carbons (Fsp3) is 0.231. The van der Waals surface area contributed by atoms with Crippen LogP contribution in [0.2, 0.25) is 0 Å². The minimum absolute atomic E-state index is 0.0169. The van der Waals surface area contributed by atoms with Crippen molar-refractivity contribution in [1.29, 1.82) is 0 Å². The topological polar surface area (TPSA) is 73.1 Å². The normalized spacial score (nSPS) is 12.1. The van der Waals surface area contributed by atoms with Gasteiger partial charge in [0.2, 0.25) is 0 Å². The number of nitrogens with one attached hydrogen (secondary N) is 1. The van der Waals surface area contributed by atoms with E-state index >= 15 is 0 Å². The molecule has 5 nitrogen and oxygen atoms in total. The Morgan fingerprint density at radius 3 is 2.89 bits per heavy atom. The molecule has 0 bridgehead atoms. The van der Waals surface area contributed by atoms with Gasteiger partial charge in [0, 0.05) is 18.6 Å². The molecule has 1 atom stereocenters. The van der Waals surface area contributed by atoms with Crippen LogP contribution in [-0.4, -0.2) is 17.1 Å². The number of rotatable bonds is 5. The van der Waals surface area contributed by atoms with E-state index < -0.39 is 0 Å². The van der Waals surface area contributed by atoms with E-state index in [0.717, 1.165) is 23.3 Å². The van der Waals surface area contributed by atoms with Gasteiger partial charge in [0.05, 0.1) is 19.3 Å². The highest BCUT2D eigenvalue weighted by Crippen LogP contribution is 2.20. The average molecular weight is 244 g/mol. The second-order valence-corrected chi connectivity index (χ2v) is 3.94. The lowest BCUT2D eigenvalue weighted by molar-refractivity contribution is 0.410. The third kappa shape index (κ3) is 3.03. The van der Waals surface area contributed by atoms with Gasteiger partial charge in [-0.2, -0.15) is 0 Å². The lowest BCUT2D eigenvalue weighted by Crippen LogP contribution is -2.29. The fourth-order valence-electron chi connectivity index (χ4n) is 1.77. The van der Waals surface area contributed by atoms with Crippen molar-refractivity contribution in [1.82, 2.24) is 15.4 Å². The van der Waals surface area contributed by atoms with Crippen molar-refractivity contribution in [3.05, 3.63) is 54.1 Å². The van der Waals surface area contributed by atoms with Gasteiger partial charge in [0.25, 0.3) is 0 Å². The van der Waals surface area contributed by atoms with Crippen LogP contribution in [0.15, 0.2) is 43.0 Å². The zero-order valence-electron chi connectivity index (χ0n) is 10.2. The molecule has 0 spiro atoms. The van der Waals surface area contributed by atoms with Crippen molar-refractivity contribution in [2.75, 3.05) is 7.11 Å². The molecular weight excluding hydrogens is 228 g/mol. The van der Waals surface area contributed by atoms with Crippen LogP contribution in [0, 0.1) is 0 Å². The largest absolute Gasteiger partial charge is 0.495 e. The molecular formula is C13H16N4O. The summed E-state index contributed by atoms with van der Waals surface area (Å²) in [7, 11) is 1.62. The maximum absolute atomic E-state index is 5.61. The van der Waals surface area contributed by atoms with E-state index in [0.29, 0.717) is 0 Å². The van der Waals surface area contributed by atoms with Gasteiger partial charge in [-0.05, 0) is 29.7 Å². The van der Waals surface area contributed by atoms with Crippen LogP contribution in [0.4, 0.5) is 0 Å². The molecule has 0 saturated heterocycles. The summed E-state index contributed by atoms with van der Waals surface area (Å²) in [5.74, 6) is 6.33. The first-order chi connectivity index (χ1) is 8.83. The summed E-state index contributed by atoms with van der Waals surface area (Å²) in [6, 6.07) is 5.84. The van der Waals surface area contributed by atoms with E-state index in [1.54, 1.807) is 25.7 Å². The number of hydrogen-bond acceptors (Lipinski definition) is 5. The quantitative estimate of drug-likeness (QED) is 0.611. The second-order valence-electron chi connectivity index (χ2n) is 3.94. The number of ether oxygens (including phenoxy) is 1. The maximum Gasteiger partial charge on any atom is 0.137 e. The van der Waals surface area contributed by atoms with Crippen LogP contribution in [0.5, 0.6) is 5.75 Å². The van der Waals surface area contributed by atoms with Crippen LogP contribution in [-0.2, 0) is 6.42 Å². The van der Waals surface area contributed by atoms with Crippen molar-refractivity contribution >= 4 is 0 Å². The first-order valence-corrected chi connectivity index (χ1v) is 5.67. The lowest BCUT2D eigenvalue weighted by Gasteiger charge is -2.16. The Bertz CT molecular complexity index is 489. The molecule has 0 radical (unpaired) electrons. The standard InChI is InChI=1S/C13H16N4O/c1-18-12-6-11(8-16-9-12)13(17-14)5-10-3-2-4-15-7-10/h2-4,6-9,13,17H,5,14H2,1H3. The van der Waals surface area contributed by atoms with Gasteiger partial charge >= 0.3 is 0 Å².